The van der Waals surface area contributed by atoms with Gasteiger partial charge in [0.1, 0.15) is 5.76 Å². The number of hydrogen-bond acceptors (Lipinski definition) is 8. The van der Waals surface area contributed by atoms with Crippen molar-refractivity contribution in [3.63, 3.8) is 0 Å². The third-order valence-electron chi connectivity index (χ3n) is 5.69. The van der Waals surface area contributed by atoms with Crippen LogP contribution in [0.2, 0.25) is 0 Å². The number of ketones is 1. The van der Waals surface area contributed by atoms with Crippen molar-refractivity contribution in [2.24, 2.45) is 0 Å². The fraction of sp³-hybridized carbons (Fsp3) is 0.160. The Kier molecular flexibility index (Phi) is 6.45. The summed E-state index contributed by atoms with van der Waals surface area (Å²) in [5.74, 6) is -1.33. The number of carbonyl (C=O) groups is 2. The topological polar surface area (TPSA) is 132 Å². The van der Waals surface area contributed by atoms with Crippen LogP contribution in [0.5, 0.6) is 11.5 Å². The van der Waals surface area contributed by atoms with Crippen LogP contribution in [0, 0.1) is 10.1 Å². The van der Waals surface area contributed by atoms with E-state index in [1.807, 2.05) is 0 Å². The van der Waals surface area contributed by atoms with Gasteiger partial charge in [-0.1, -0.05) is 6.07 Å². The third kappa shape index (κ3) is 4.41. The van der Waals surface area contributed by atoms with Gasteiger partial charge in [0.25, 0.3) is 17.4 Å². The molecule has 0 bridgehead atoms. The molecule has 1 aliphatic rings. The van der Waals surface area contributed by atoms with Gasteiger partial charge in [0.05, 0.1) is 30.8 Å². The van der Waals surface area contributed by atoms with Gasteiger partial charge in [-0.15, -0.1) is 0 Å². The molecule has 1 N–H and O–H groups in total. The lowest BCUT2D eigenvalue weighted by atomic mass is 9.95. The molecule has 0 aliphatic carbocycles. The van der Waals surface area contributed by atoms with E-state index in [4.69, 9.17) is 9.47 Å². The molecule has 1 saturated heterocycles. The predicted molar refractivity (Wildman–Crippen MR) is 125 cm³/mol. The number of hydrogen-bond donors (Lipinski definition) is 1. The number of likely N-dealkylation sites (tertiary alicyclic amines) is 1. The van der Waals surface area contributed by atoms with Gasteiger partial charge < -0.3 is 19.5 Å². The van der Waals surface area contributed by atoms with Gasteiger partial charge in [-0.05, 0) is 47.5 Å². The highest BCUT2D eigenvalue weighted by atomic mass is 16.6. The van der Waals surface area contributed by atoms with Crippen molar-refractivity contribution in [2.75, 3.05) is 14.2 Å². The number of aliphatic hydroxyl groups is 1. The summed E-state index contributed by atoms with van der Waals surface area (Å²) in [6.07, 6.45) is 3.16. The first kappa shape index (κ1) is 23.4. The van der Waals surface area contributed by atoms with Crippen molar-refractivity contribution in [2.45, 2.75) is 12.6 Å². The summed E-state index contributed by atoms with van der Waals surface area (Å²) in [7, 11) is 2.90. The average Bonchev–Trinajstić information content (AvgIpc) is 3.13. The normalized spacial score (nSPS) is 16.9. The van der Waals surface area contributed by atoms with E-state index in [1.54, 1.807) is 30.6 Å². The molecule has 0 saturated carbocycles. The number of nitrogens with zero attached hydrogens (tertiary/aromatic N) is 3. The van der Waals surface area contributed by atoms with Crippen LogP contribution in [0.25, 0.3) is 5.76 Å². The van der Waals surface area contributed by atoms with Gasteiger partial charge in [0.2, 0.25) is 0 Å². The standard InChI is InChI=1S/C25H21N3O7/c1-34-19-10-7-17(12-20(19)35-2)23(29)21-22(16-5-8-18(9-6-16)28(32)33)27(25(31)24(21)30)14-15-4-3-11-26-13-15/h3-13,22,29H,14H2,1-2H3/b23-21+/t22-/m0/s1. The number of aliphatic hydroxyl groups excluding tert-OH is 1. The second kappa shape index (κ2) is 9.64. The Morgan fingerprint density at radius 3 is 2.40 bits per heavy atom. The molecule has 0 unspecified atom stereocenters. The molecule has 10 nitrogen and oxygen atoms in total. The summed E-state index contributed by atoms with van der Waals surface area (Å²) in [5, 5.41) is 22.3. The number of carbonyl (C=O) groups excluding carboxylic acids is 2. The minimum absolute atomic E-state index is 0.0444. The van der Waals surface area contributed by atoms with Gasteiger partial charge in [0.15, 0.2) is 11.5 Å². The lowest BCUT2D eigenvalue weighted by Crippen LogP contribution is -2.29. The first-order valence-corrected chi connectivity index (χ1v) is 10.5. The predicted octanol–water partition coefficient (Wildman–Crippen LogP) is 3.63. The quantitative estimate of drug-likeness (QED) is 0.180. The van der Waals surface area contributed by atoms with Crippen LogP contribution < -0.4 is 9.47 Å². The van der Waals surface area contributed by atoms with Gasteiger partial charge in [-0.3, -0.25) is 24.7 Å². The molecule has 1 fully saturated rings. The Morgan fingerprint density at radius 2 is 1.80 bits per heavy atom. The highest BCUT2D eigenvalue weighted by Crippen LogP contribution is 2.41. The maximum Gasteiger partial charge on any atom is 0.295 e. The molecule has 10 heteroatoms. The van der Waals surface area contributed by atoms with Crippen molar-refractivity contribution in [1.29, 1.82) is 0 Å². The Bertz CT molecular complexity index is 1320. The summed E-state index contributed by atoms with van der Waals surface area (Å²) in [6.45, 7) is 0.0444. The van der Waals surface area contributed by atoms with E-state index in [9.17, 15) is 24.8 Å². The molecular weight excluding hydrogens is 454 g/mol. The highest BCUT2D eigenvalue weighted by molar-refractivity contribution is 6.46. The Hall–Kier alpha value is -4.73. The van der Waals surface area contributed by atoms with Crippen molar-refractivity contribution in [3.8, 4) is 11.5 Å². The minimum atomic E-state index is -0.982. The molecule has 0 spiro atoms. The van der Waals surface area contributed by atoms with Crippen molar-refractivity contribution < 1.29 is 29.1 Å². The SMILES string of the molecule is COc1ccc(/C(O)=C2\C(=O)C(=O)N(Cc3cccnc3)[C@H]2c2ccc([N+](=O)[O-])cc2)cc1OC. The molecule has 1 aromatic heterocycles. The Balaban J connectivity index is 1.87. The third-order valence-corrected chi connectivity index (χ3v) is 5.69. The van der Waals surface area contributed by atoms with Gasteiger partial charge in [-0.2, -0.15) is 0 Å². The molecule has 35 heavy (non-hydrogen) atoms. The summed E-state index contributed by atoms with van der Waals surface area (Å²) < 4.78 is 10.5. The summed E-state index contributed by atoms with van der Waals surface area (Å²) in [4.78, 5) is 42.2. The van der Waals surface area contributed by atoms with Crippen molar-refractivity contribution in [1.82, 2.24) is 9.88 Å². The lowest BCUT2D eigenvalue weighted by molar-refractivity contribution is -0.384. The van der Waals surface area contributed by atoms with Gasteiger partial charge in [-0.25, -0.2) is 0 Å². The minimum Gasteiger partial charge on any atom is -0.507 e. The summed E-state index contributed by atoms with van der Waals surface area (Å²) in [6, 6.07) is 12.6. The first-order chi connectivity index (χ1) is 16.8. The Labute approximate surface area is 200 Å². The van der Waals surface area contributed by atoms with E-state index in [1.165, 1.54) is 55.5 Å². The summed E-state index contributed by atoms with van der Waals surface area (Å²) in [5.41, 5.74) is 1.07. The maximum absolute atomic E-state index is 13.2. The monoisotopic (exact) mass is 475 g/mol. The van der Waals surface area contributed by atoms with Crippen LogP contribution in [0.3, 0.4) is 0 Å². The largest absolute Gasteiger partial charge is 0.507 e. The second-order valence-electron chi connectivity index (χ2n) is 7.71. The number of nitro benzene ring substituents is 1. The number of amides is 1. The first-order valence-electron chi connectivity index (χ1n) is 10.5. The summed E-state index contributed by atoms with van der Waals surface area (Å²) >= 11 is 0. The molecule has 4 rings (SSSR count). The van der Waals surface area contributed by atoms with Crippen molar-refractivity contribution in [3.05, 3.63) is 99.4 Å². The van der Waals surface area contributed by atoms with E-state index in [2.05, 4.69) is 4.98 Å². The average molecular weight is 475 g/mol. The molecule has 1 aliphatic heterocycles. The van der Waals surface area contributed by atoms with E-state index >= 15 is 0 Å². The molecule has 178 valence electrons. The zero-order valence-electron chi connectivity index (χ0n) is 18.9. The van der Waals surface area contributed by atoms with Crippen LogP contribution in [0.15, 0.2) is 72.6 Å². The number of Topliss-reactive ketones (excluding diaryl/α,β-unsaturated/α-hetero) is 1. The molecule has 2 aromatic carbocycles. The fourth-order valence-corrected chi connectivity index (χ4v) is 4.00. The van der Waals surface area contributed by atoms with E-state index < -0.39 is 28.4 Å². The number of non-ortho nitro benzene ring substituents is 1. The van der Waals surface area contributed by atoms with Crippen LogP contribution in [-0.2, 0) is 16.1 Å². The van der Waals surface area contributed by atoms with Crippen LogP contribution >= 0.6 is 0 Å². The molecule has 1 atom stereocenters. The number of nitro groups is 1. The maximum atomic E-state index is 13.2. The molecular formula is C25H21N3O7. The number of aromatic nitrogens is 1. The number of rotatable bonds is 7. The number of methoxy groups -OCH3 is 2. The van der Waals surface area contributed by atoms with Gasteiger partial charge in [0, 0.05) is 36.6 Å². The van der Waals surface area contributed by atoms with Crippen LogP contribution in [0.4, 0.5) is 5.69 Å². The molecule has 0 radical (unpaired) electrons. The van der Waals surface area contributed by atoms with E-state index in [-0.39, 0.29) is 23.4 Å². The van der Waals surface area contributed by atoms with Crippen LogP contribution in [0.1, 0.15) is 22.7 Å². The molecule has 1 amide bonds. The van der Waals surface area contributed by atoms with E-state index in [0.29, 0.717) is 22.6 Å². The van der Waals surface area contributed by atoms with Crippen LogP contribution in [-0.4, -0.2) is 45.8 Å². The van der Waals surface area contributed by atoms with Gasteiger partial charge >= 0.3 is 0 Å². The zero-order chi connectivity index (χ0) is 25.1. The number of pyridine rings is 1. The molecule has 2 heterocycles. The fourth-order valence-electron chi connectivity index (χ4n) is 4.00. The van der Waals surface area contributed by atoms with Crippen molar-refractivity contribution >= 4 is 23.1 Å². The Morgan fingerprint density at radius 1 is 1.09 bits per heavy atom. The number of ether oxygens (including phenoxy) is 2. The number of benzene rings is 2. The highest BCUT2D eigenvalue weighted by Gasteiger charge is 2.46. The second-order valence-corrected chi connectivity index (χ2v) is 7.71. The zero-order valence-corrected chi connectivity index (χ0v) is 18.9. The molecule has 3 aromatic rings. The van der Waals surface area contributed by atoms with E-state index in [0.717, 1.165) is 0 Å². The smallest absolute Gasteiger partial charge is 0.295 e. The lowest BCUT2D eigenvalue weighted by Gasteiger charge is -2.25.